The molecule has 0 bridgehead atoms. The molecular weight excluding hydrogens is 482 g/mol. The van der Waals surface area contributed by atoms with E-state index in [1.807, 2.05) is 67.6 Å². The van der Waals surface area contributed by atoms with Gasteiger partial charge in [-0.15, -0.1) is 0 Å². The number of benzene rings is 2. The minimum atomic E-state index is -0.248. The highest BCUT2D eigenvalue weighted by Gasteiger charge is 2.17. The predicted octanol–water partition coefficient (Wildman–Crippen LogP) is 6.14. The van der Waals surface area contributed by atoms with Crippen LogP contribution in [-0.2, 0) is 0 Å². The lowest BCUT2D eigenvalue weighted by Gasteiger charge is -2.12. The molecule has 7 nitrogen and oxygen atoms in total. The van der Waals surface area contributed by atoms with Gasteiger partial charge in [-0.05, 0) is 55.3 Å². The van der Waals surface area contributed by atoms with Gasteiger partial charge in [-0.25, -0.2) is 15.0 Å². The van der Waals surface area contributed by atoms with Crippen molar-refractivity contribution in [2.45, 2.75) is 11.8 Å². The highest BCUT2D eigenvalue weighted by Crippen LogP contribution is 2.32. The number of pyridine rings is 2. The summed E-state index contributed by atoms with van der Waals surface area (Å²) >= 11 is 7.59. The number of H-pyrrole nitrogens is 1. The van der Waals surface area contributed by atoms with Crippen molar-refractivity contribution in [2.24, 2.45) is 0 Å². The van der Waals surface area contributed by atoms with Crippen molar-refractivity contribution >= 4 is 40.5 Å². The first kappa shape index (κ1) is 22.9. The number of aryl methyl sites for hydroxylation is 1. The number of rotatable bonds is 6. The van der Waals surface area contributed by atoms with Crippen LogP contribution in [0.5, 0.6) is 5.75 Å². The minimum Gasteiger partial charge on any atom is -0.497 e. The zero-order valence-electron chi connectivity index (χ0n) is 18.9. The van der Waals surface area contributed by atoms with Crippen molar-refractivity contribution in [3.05, 3.63) is 93.9 Å². The molecular formula is C26H20ClN5O2S. The van der Waals surface area contributed by atoms with Crippen molar-refractivity contribution in [2.75, 3.05) is 11.8 Å². The van der Waals surface area contributed by atoms with E-state index in [0.29, 0.717) is 28.0 Å². The van der Waals surface area contributed by atoms with Gasteiger partial charge in [0.2, 0.25) is 5.43 Å². The van der Waals surface area contributed by atoms with Gasteiger partial charge in [0.1, 0.15) is 16.7 Å². The maximum Gasteiger partial charge on any atom is 0.211 e. The lowest BCUT2D eigenvalue weighted by atomic mass is 10.0. The Hall–Kier alpha value is -3.88. The molecule has 0 aliphatic heterocycles. The Labute approximate surface area is 210 Å². The highest BCUT2D eigenvalue weighted by molar-refractivity contribution is 8.00. The van der Waals surface area contributed by atoms with Gasteiger partial charge in [-0.3, -0.25) is 4.79 Å². The summed E-state index contributed by atoms with van der Waals surface area (Å²) in [6.45, 7) is 1.86. The Morgan fingerprint density at radius 2 is 1.66 bits per heavy atom. The Balaban J connectivity index is 1.59. The third kappa shape index (κ3) is 4.99. The molecule has 0 atom stereocenters. The first-order valence-electron chi connectivity index (χ1n) is 10.7. The number of aromatic nitrogens is 4. The van der Waals surface area contributed by atoms with Crippen LogP contribution in [0.2, 0.25) is 5.15 Å². The Morgan fingerprint density at radius 1 is 0.914 bits per heavy atom. The smallest absolute Gasteiger partial charge is 0.211 e. The van der Waals surface area contributed by atoms with Crippen molar-refractivity contribution in [3.8, 4) is 28.3 Å². The molecule has 0 unspecified atom stereocenters. The van der Waals surface area contributed by atoms with Crippen LogP contribution in [0.1, 0.15) is 5.69 Å². The molecule has 0 saturated carbocycles. The lowest BCUT2D eigenvalue weighted by Crippen LogP contribution is -2.09. The van der Waals surface area contributed by atoms with E-state index in [2.05, 4.69) is 14.7 Å². The van der Waals surface area contributed by atoms with Crippen LogP contribution in [-0.4, -0.2) is 27.0 Å². The summed E-state index contributed by atoms with van der Waals surface area (Å²) in [4.78, 5) is 31.0. The highest BCUT2D eigenvalue weighted by atomic mass is 35.5. The summed E-state index contributed by atoms with van der Waals surface area (Å²) in [5, 5.41) is 0.352. The van der Waals surface area contributed by atoms with Gasteiger partial charge in [0.05, 0.1) is 18.5 Å². The van der Waals surface area contributed by atoms with E-state index in [0.717, 1.165) is 27.5 Å². The second-order valence-electron chi connectivity index (χ2n) is 7.73. The average Bonchev–Trinajstić information content (AvgIpc) is 2.87. The molecule has 5 aromatic rings. The summed E-state index contributed by atoms with van der Waals surface area (Å²) in [5.41, 5.74) is 3.94. The number of nitrogens with zero attached hydrogens (tertiary/aromatic N) is 3. The SMILES string of the molecule is COc1ccc(SNc2cc(=O)c3nc(-c4cc(C)nc(Cl)c4)c(-c4ccccc4)nc3[nH]2)cc1. The third-order valence-corrected chi connectivity index (χ3v) is 6.26. The van der Waals surface area contributed by atoms with Gasteiger partial charge in [0.25, 0.3) is 0 Å². The van der Waals surface area contributed by atoms with Crippen LogP contribution in [0.15, 0.2) is 82.5 Å². The van der Waals surface area contributed by atoms with Gasteiger partial charge in [0.15, 0.2) is 11.2 Å². The van der Waals surface area contributed by atoms with Gasteiger partial charge in [0, 0.05) is 27.8 Å². The largest absolute Gasteiger partial charge is 0.497 e. The second kappa shape index (κ2) is 9.77. The quantitative estimate of drug-likeness (QED) is 0.213. The first-order chi connectivity index (χ1) is 17.0. The monoisotopic (exact) mass is 501 g/mol. The fourth-order valence-corrected chi connectivity index (χ4v) is 4.49. The van der Waals surface area contributed by atoms with Crippen LogP contribution >= 0.6 is 23.5 Å². The normalized spacial score (nSPS) is 10.9. The number of aromatic amines is 1. The van der Waals surface area contributed by atoms with Crippen LogP contribution in [0, 0.1) is 6.92 Å². The molecule has 3 aromatic heterocycles. The number of ether oxygens (including phenoxy) is 1. The number of nitrogens with one attached hydrogen (secondary N) is 2. The molecule has 0 spiro atoms. The molecule has 0 saturated heterocycles. The van der Waals surface area contributed by atoms with Crippen molar-refractivity contribution in [1.29, 1.82) is 0 Å². The molecule has 0 aliphatic rings. The second-order valence-corrected chi connectivity index (χ2v) is 9.00. The third-order valence-electron chi connectivity index (χ3n) is 5.24. The maximum atomic E-state index is 13.0. The topological polar surface area (TPSA) is 92.8 Å². The number of fused-ring (bicyclic) bond motifs is 1. The molecule has 0 amide bonds. The van der Waals surface area contributed by atoms with Crippen molar-refractivity contribution in [1.82, 2.24) is 19.9 Å². The zero-order valence-corrected chi connectivity index (χ0v) is 20.4. The molecule has 2 N–H and O–H groups in total. The standard InChI is InChI=1S/C26H20ClN5O2S/c1-15-12-17(13-21(27)28-15)24-23(16-6-4-3-5-7-16)31-26-25(30-24)20(33)14-22(29-26)32-35-19-10-8-18(34-2)9-11-19/h3-14H,1-2H3,(H2,29,31,32,33). The summed E-state index contributed by atoms with van der Waals surface area (Å²) < 4.78 is 8.37. The summed E-state index contributed by atoms with van der Waals surface area (Å²) in [5.74, 6) is 1.30. The number of hydrogen-bond donors (Lipinski definition) is 2. The van der Waals surface area contributed by atoms with E-state index in [-0.39, 0.29) is 10.9 Å². The molecule has 3 heterocycles. The lowest BCUT2D eigenvalue weighted by molar-refractivity contribution is 0.414. The van der Waals surface area contributed by atoms with E-state index >= 15 is 0 Å². The Morgan fingerprint density at radius 3 is 2.37 bits per heavy atom. The summed E-state index contributed by atoms with van der Waals surface area (Å²) in [7, 11) is 1.63. The number of halogens is 1. The van der Waals surface area contributed by atoms with Gasteiger partial charge in [-0.2, -0.15) is 0 Å². The average molecular weight is 502 g/mol. The molecule has 0 radical (unpaired) electrons. The van der Waals surface area contributed by atoms with Crippen LogP contribution < -0.4 is 14.9 Å². The molecule has 35 heavy (non-hydrogen) atoms. The minimum absolute atomic E-state index is 0.241. The molecule has 0 aliphatic carbocycles. The van der Waals surface area contributed by atoms with Crippen molar-refractivity contribution < 1.29 is 4.74 Å². The number of anilines is 1. The Kier molecular flexibility index (Phi) is 6.39. The number of methoxy groups -OCH3 is 1. The number of hydrogen-bond acceptors (Lipinski definition) is 7. The first-order valence-corrected chi connectivity index (χ1v) is 11.9. The van der Waals surface area contributed by atoms with E-state index in [1.165, 1.54) is 18.0 Å². The van der Waals surface area contributed by atoms with E-state index in [9.17, 15) is 4.79 Å². The van der Waals surface area contributed by atoms with Crippen LogP contribution in [0.3, 0.4) is 0 Å². The fourth-order valence-electron chi connectivity index (χ4n) is 3.63. The zero-order chi connectivity index (χ0) is 24.4. The maximum absolute atomic E-state index is 13.0. The molecule has 0 fully saturated rings. The molecule has 9 heteroatoms. The van der Waals surface area contributed by atoms with Crippen LogP contribution in [0.4, 0.5) is 5.82 Å². The van der Waals surface area contributed by atoms with E-state index in [4.69, 9.17) is 26.3 Å². The predicted molar refractivity (Wildman–Crippen MR) is 141 cm³/mol. The fraction of sp³-hybridized carbons (Fsp3) is 0.0769. The summed E-state index contributed by atoms with van der Waals surface area (Å²) in [6.07, 6.45) is 0. The molecule has 174 valence electrons. The van der Waals surface area contributed by atoms with Gasteiger partial charge >= 0.3 is 0 Å². The van der Waals surface area contributed by atoms with Crippen molar-refractivity contribution in [3.63, 3.8) is 0 Å². The summed E-state index contributed by atoms with van der Waals surface area (Å²) in [6, 6.07) is 22.4. The van der Waals surface area contributed by atoms with Gasteiger partial charge in [-0.1, -0.05) is 41.9 Å². The Bertz CT molecular complexity index is 1550. The van der Waals surface area contributed by atoms with Crippen LogP contribution in [0.25, 0.3) is 33.7 Å². The molecule has 2 aromatic carbocycles. The van der Waals surface area contributed by atoms with E-state index in [1.54, 1.807) is 13.2 Å². The van der Waals surface area contributed by atoms with Gasteiger partial charge < -0.3 is 14.4 Å². The molecule has 5 rings (SSSR count). The van der Waals surface area contributed by atoms with E-state index < -0.39 is 0 Å².